The Balaban J connectivity index is 2.19. The number of allylic oxidation sites excluding steroid dienone is 1. The standard InChI is InChI=1S/C16H27NO4/c1-4-20-16-12(6-5-9-18)13(11(2)3)10-14(21-16)15(19)17-7-8-17/h10-13,16,18H,4-9H2,1-3H3/t12-,13+,16+/m1/s1. The molecule has 1 amide bonds. The molecule has 1 fully saturated rings. The van der Waals surface area contributed by atoms with Gasteiger partial charge in [-0.05, 0) is 37.7 Å². The first-order valence-corrected chi connectivity index (χ1v) is 7.98. The Bertz CT molecular complexity index is 390. The Morgan fingerprint density at radius 1 is 1.52 bits per heavy atom. The lowest BCUT2D eigenvalue weighted by Gasteiger charge is -2.38. The Morgan fingerprint density at radius 3 is 2.76 bits per heavy atom. The molecule has 2 aliphatic heterocycles. The van der Waals surface area contributed by atoms with Gasteiger partial charge >= 0.3 is 0 Å². The number of nitrogens with zero attached hydrogens (tertiary/aromatic N) is 1. The van der Waals surface area contributed by atoms with Crippen molar-refractivity contribution in [1.82, 2.24) is 4.90 Å². The first kappa shape index (κ1) is 16.3. The van der Waals surface area contributed by atoms with E-state index < -0.39 is 6.29 Å². The van der Waals surface area contributed by atoms with Gasteiger partial charge in [-0.1, -0.05) is 13.8 Å². The second-order valence-electron chi connectivity index (χ2n) is 6.12. The number of ether oxygens (including phenoxy) is 2. The third-order valence-electron chi connectivity index (χ3n) is 4.17. The average Bonchev–Trinajstić information content (AvgIpc) is 3.29. The van der Waals surface area contributed by atoms with Gasteiger partial charge in [-0.3, -0.25) is 4.79 Å². The SMILES string of the molecule is CCO[C@H]1OC(C(=O)N2CC2)=C[C@@H](C(C)C)[C@H]1CCCO. The zero-order valence-electron chi connectivity index (χ0n) is 13.2. The maximum Gasteiger partial charge on any atom is 0.288 e. The maximum atomic E-state index is 12.2. The van der Waals surface area contributed by atoms with Gasteiger partial charge in [0.1, 0.15) is 0 Å². The number of carbonyl (C=O) groups is 1. The molecule has 0 aromatic carbocycles. The smallest absolute Gasteiger partial charge is 0.288 e. The van der Waals surface area contributed by atoms with Crippen LogP contribution in [0.2, 0.25) is 0 Å². The van der Waals surface area contributed by atoms with E-state index in [0.717, 1.165) is 25.9 Å². The first-order valence-electron chi connectivity index (χ1n) is 7.98. The summed E-state index contributed by atoms with van der Waals surface area (Å²) < 4.78 is 11.6. The molecule has 120 valence electrons. The minimum atomic E-state index is -0.391. The number of amides is 1. The van der Waals surface area contributed by atoms with Gasteiger partial charge in [-0.25, -0.2) is 0 Å². The lowest BCUT2D eigenvalue weighted by atomic mass is 9.78. The molecule has 0 bridgehead atoms. The van der Waals surface area contributed by atoms with Crippen LogP contribution < -0.4 is 0 Å². The molecule has 0 radical (unpaired) electrons. The summed E-state index contributed by atoms with van der Waals surface area (Å²) in [6, 6.07) is 0. The topological polar surface area (TPSA) is 58.8 Å². The van der Waals surface area contributed by atoms with Gasteiger partial charge in [0.25, 0.3) is 5.91 Å². The van der Waals surface area contributed by atoms with Crippen LogP contribution in [0.4, 0.5) is 0 Å². The van der Waals surface area contributed by atoms with Crippen molar-refractivity contribution >= 4 is 5.91 Å². The van der Waals surface area contributed by atoms with E-state index >= 15 is 0 Å². The van der Waals surface area contributed by atoms with Crippen LogP contribution in [-0.2, 0) is 14.3 Å². The maximum absolute atomic E-state index is 12.2. The van der Waals surface area contributed by atoms with Crippen molar-refractivity contribution in [2.24, 2.45) is 17.8 Å². The van der Waals surface area contributed by atoms with Gasteiger partial charge in [-0.2, -0.15) is 0 Å². The lowest BCUT2D eigenvalue weighted by molar-refractivity contribution is -0.176. The molecule has 3 atom stereocenters. The lowest BCUT2D eigenvalue weighted by Crippen LogP contribution is -2.40. The van der Waals surface area contributed by atoms with Gasteiger partial charge < -0.3 is 19.5 Å². The molecule has 2 rings (SSSR count). The van der Waals surface area contributed by atoms with Crippen LogP contribution in [0.5, 0.6) is 0 Å². The van der Waals surface area contributed by atoms with E-state index in [1.165, 1.54) is 0 Å². The van der Waals surface area contributed by atoms with Gasteiger partial charge in [-0.15, -0.1) is 0 Å². The van der Waals surface area contributed by atoms with Crippen molar-refractivity contribution in [2.75, 3.05) is 26.3 Å². The van der Waals surface area contributed by atoms with E-state index in [0.29, 0.717) is 18.3 Å². The molecule has 1 saturated heterocycles. The van der Waals surface area contributed by atoms with E-state index in [-0.39, 0.29) is 24.3 Å². The molecule has 0 aromatic rings. The van der Waals surface area contributed by atoms with E-state index in [1.807, 2.05) is 13.0 Å². The highest BCUT2D eigenvalue weighted by Gasteiger charge is 2.40. The normalized spacial score (nSPS) is 28.3. The summed E-state index contributed by atoms with van der Waals surface area (Å²) in [5, 5.41) is 9.10. The van der Waals surface area contributed by atoms with Gasteiger partial charge in [0.2, 0.25) is 6.29 Å². The highest BCUT2D eigenvalue weighted by atomic mass is 16.7. The number of rotatable bonds is 7. The van der Waals surface area contributed by atoms with Crippen molar-refractivity contribution in [3.63, 3.8) is 0 Å². The van der Waals surface area contributed by atoms with Gasteiger partial charge in [0.05, 0.1) is 0 Å². The van der Waals surface area contributed by atoms with Crippen LogP contribution in [0.15, 0.2) is 11.8 Å². The van der Waals surface area contributed by atoms with E-state index in [1.54, 1.807) is 4.90 Å². The molecule has 0 unspecified atom stereocenters. The Labute approximate surface area is 126 Å². The molecular formula is C16H27NO4. The largest absolute Gasteiger partial charge is 0.459 e. The zero-order chi connectivity index (χ0) is 15.4. The summed E-state index contributed by atoms with van der Waals surface area (Å²) in [4.78, 5) is 14.0. The van der Waals surface area contributed by atoms with Crippen LogP contribution in [0, 0.1) is 17.8 Å². The molecule has 2 aliphatic rings. The van der Waals surface area contributed by atoms with Crippen molar-refractivity contribution < 1.29 is 19.4 Å². The molecular weight excluding hydrogens is 270 g/mol. The number of hydrogen-bond donors (Lipinski definition) is 1. The van der Waals surface area contributed by atoms with Crippen molar-refractivity contribution in [2.45, 2.75) is 39.9 Å². The fourth-order valence-electron chi connectivity index (χ4n) is 2.93. The second kappa shape index (κ2) is 7.27. The molecule has 0 saturated carbocycles. The summed E-state index contributed by atoms with van der Waals surface area (Å²) in [7, 11) is 0. The predicted molar refractivity (Wildman–Crippen MR) is 79.3 cm³/mol. The fraction of sp³-hybridized carbons (Fsp3) is 0.812. The fourth-order valence-corrected chi connectivity index (χ4v) is 2.93. The molecule has 1 N–H and O–H groups in total. The monoisotopic (exact) mass is 297 g/mol. The third kappa shape index (κ3) is 3.98. The number of carbonyl (C=O) groups excluding carboxylic acids is 1. The molecule has 2 heterocycles. The number of aliphatic hydroxyl groups is 1. The van der Waals surface area contributed by atoms with E-state index in [4.69, 9.17) is 14.6 Å². The highest BCUT2D eigenvalue weighted by Crippen LogP contribution is 2.37. The summed E-state index contributed by atoms with van der Waals surface area (Å²) in [6.07, 6.45) is 3.15. The average molecular weight is 297 g/mol. The minimum Gasteiger partial charge on any atom is -0.459 e. The Kier molecular flexibility index (Phi) is 5.65. The molecule has 21 heavy (non-hydrogen) atoms. The van der Waals surface area contributed by atoms with Crippen molar-refractivity contribution in [3.8, 4) is 0 Å². The van der Waals surface area contributed by atoms with Crippen molar-refractivity contribution in [3.05, 3.63) is 11.8 Å². The molecule has 0 aliphatic carbocycles. The van der Waals surface area contributed by atoms with Gasteiger partial charge in [0.15, 0.2) is 5.76 Å². The number of hydrogen-bond acceptors (Lipinski definition) is 4. The molecule has 5 nitrogen and oxygen atoms in total. The summed E-state index contributed by atoms with van der Waals surface area (Å²) in [5.74, 6) is 1.23. The van der Waals surface area contributed by atoms with Crippen LogP contribution >= 0.6 is 0 Å². The summed E-state index contributed by atoms with van der Waals surface area (Å²) in [6.45, 7) is 8.60. The highest BCUT2D eigenvalue weighted by molar-refractivity contribution is 5.93. The second-order valence-corrected chi connectivity index (χ2v) is 6.12. The Hall–Kier alpha value is -1.07. The predicted octanol–water partition coefficient (Wildman–Crippen LogP) is 1.77. The Morgan fingerprint density at radius 2 is 2.24 bits per heavy atom. The van der Waals surface area contributed by atoms with E-state index in [2.05, 4.69) is 13.8 Å². The zero-order valence-corrected chi connectivity index (χ0v) is 13.2. The first-order chi connectivity index (χ1) is 10.1. The van der Waals surface area contributed by atoms with Crippen LogP contribution in [0.3, 0.4) is 0 Å². The molecule has 5 heteroatoms. The van der Waals surface area contributed by atoms with Crippen LogP contribution in [0.25, 0.3) is 0 Å². The molecule has 0 spiro atoms. The quantitative estimate of drug-likeness (QED) is 0.728. The van der Waals surface area contributed by atoms with Crippen LogP contribution in [-0.4, -0.2) is 48.5 Å². The van der Waals surface area contributed by atoms with E-state index in [9.17, 15) is 4.79 Å². The van der Waals surface area contributed by atoms with Crippen molar-refractivity contribution in [1.29, 1.82) is 0 Å². The summed E-state index contributed by atoms with van der Waals surface area (Å²) >= 11 is 0. The third-order valence-corrected chi connectivity index (χ3v) is 4.17. The van der Waals surface area contributed by atoms with Crippen LogP contribution in [0.1, 0.15) is 33.6 Å². The molecule has 0 aromatic heterocycles. The van der Waals surface area contributed by atoms with Gasteiger partial charge in [0, 0.05) is 32.2 Å². The summed E-state index contributed by atoms with van der Waals surface area (Å²) in [5.41, 5.74) is 0. The number of aliphatic hydroxyl groups excluding tert-OH is 1. The minimum absolute atomic E-state index is 0.0223.